The van der Waals surface area contributed by atoms with Gasteiger partial charge in [0.15, 0.2) is 0 Å². The second kappa shape index (κ2) is 8.61. The van der Waals surface area contributed by atoms with Crippen LogP contribution in [0.15, 0.2) is 18.3 Å². The van der Waals surface area contributed by atoms with Crippen LogP contribution in [0.1, 0.15) is 51.9 Å². The molecule has 0 aliphatic carbocycles. The third kappa shape index (κ3) is 6.33. The van der Waals surface area contributed by atoms with Crippen molar-refractivity contribution in [1.29, 1.82) is 0 Å². The van der Waals surface area contributed by atoms with E-state index in [4.69, 9.17) is 0 Å². The lowest BCUT2D eigenvalue weighted by Gasteiger charge is -2.04. The van der Waals surface area contributed by atoms with Crippen LogP contribution in [-0.4, -0.2) is 10.9 Å². The van der Waals surface area contributed by atoms with Gasteiger partial charge in [-0.3, -0.25) is 4.79 Å². The van der Waals surface area contributed by atoms with Gasteiger partial charge in [0.2, 0.25) is 11.9 Å². The minimum Gasteiger partial charge on any atom is -0.325 e. The third-order valence-electron chi connectivity index (χ3n) is 2.77. The Morgan fingerprint density at radius 2 is 1.94 bits per heavy atom. The summed E-state index contributed by atoms with van der Waals surface area (Å²) in [6.07, 6.45) is 8.79. The van der Waals surface area contributed by atoms with Crippen molar-refractivity contribution in [3.63, 3.8) is 0 Å². The highest BCUT2D eigenvalue weighted by Gasteiger charge is 2.02. The van der Waals surface area contributed by atoms with Gasteiger partial charge in [0.05, 0.1) is 11.9 Å². The van der Waals surface area contributed by atoms with Gasteiger partial charge < -0.3 is 5.32 Å². The Morgan fingerprint density at radius 3 is 2.61 bits per heavy atom. The molecule has 1 amide bonds. The molecule has 0 saturated heterocycles. The predicted molar refractivity (Wildman–Crippen MR) is 70.8 cm³/mol. The number of carbonyl (C=O) groups excluding carboxylic acids is 1. The van der Waals surface area contributed by atoms with Gasteiger partial charge in [-0.25, -0.2) is 4.98 Å². The van der Waals surface area contributed by atoms with Gasteiger partial charge in [-0.05, 0) is 18.6 Å². The molecule has 0 saturated carbocycles. The second-order valence-corrected chi connectivity index (χ2v) is 4.44. The summed E-state index contributed by atoms with van der Waals surface area (Å²) >= 11 is 0. The maximum Gasteiger partial charge on any atom is 0.224 e. The molecule has 0 fully saturated rings. The molecule has 0 atom stereocenters. The highest BCUT2D eigenvalue weighted by atomic mass is 19.1. The van der Waals surface area contributed by atoms with Gasteiger partial charge in [-0.1, -0.05) is 39.0 Å². The summed E-state index contributed by atoms with van der Waals surface area (Å²) in [5, 5.41) is 2.70. The first-order chi connectivity index (χ1) is 8.72. The fraction of sp³-hybridized carbons (Fsp3) is 0.571. The van der Waals surface area contributed by atoms with Crippen LogP contribution in [0, 0.1) is 5.95 Å². The maximum atomic E-state index is 12.6. The number of anilines is 1. The Kier molecular flexibility index (Phi) is 6.99. The van der Waals surface area contributed by atoms with Crippen molar-refractivity contribution >= 4 is 11.6 Å². The van der Waals surface area contributed by atoms with Crippen molar-refractivity contribution in [3.05, 3.63) is 24.3 Å². The highest BCUT2D eigenvalue weighted by Crippen LogP contribution is 2.09. The number of aromatic nitrogens is 1. The van der Waals surface area contributed by atoms with E-state index in [1.165, 1.54) is 44.0 Å². The minimum atomic E-state index is -0.538. The van der Waals surface area contributed by atoms with Gasteiger partial charge in [0.1, 0.15) is 0 Å². The molecule has 0 bridgehead atoms. The standard InChI is InChI=1S/C14H21FN2O/c1-2-3-4-5-6-7-8-14(18)17-12-9-10-13(15)16-11-12/h9-11H,2-8H2,1H3,(H,17,18). The van der Waals surface area contributed by atoms with Crippen molar-refractivity contribution in [2.75, 3.05) is 5.32 Å². The van der Waals surface area contributed by atoms with Crippen LogP contribution in [0.3, 0.4) is 0 Å². The summed E-state index contributed by atoms with van der Waals surface area (Å²) in [6, 6.07) is 2.75. The van der Waals surface area contributed by atoms with Gasteiger partial charge in [0, 0.05) is 6.42 Å². The van der Waals surface area contributed by atoms with E-state index < -0.39 is 5.95 Å². The van der Waals surface area contributed by atoms with Gasteiger partial charge in [-0.2, -0.15) is 4.39 Å². The van der Waals surface area contributed by atoms with Crippen molar-refractivity contribution < 1.29 is 9.18 Å². The van der Waals surface area contributed by atoms with Crippen molar-refractivity contribution in [2.45, 2.75) is 51.9 Å². The molecule has 1 rings (SSSR count). The van der Waals surface area contributed by atoms with Crippen LogP contribution in [-0.2, 0) is 4.79 Å². The average molecular weight is 252 g/mol. The highest BCUT2D eigenvalue weighted by molar-refractivity contribution is 5.90. The summed E-state index contributed by atoms with van der Waals surface area (Å²) in [7, 11) is 0. The van der Waals surface area contributed by atoms with E-state index in [-0.39, 0.29) is 5.91 Å². The zero-order valence-electron chi connectivity index (χ0n) is 10.9. The van der Waals surface area contributed by atoms with E-state index in [9.17, 15) is 9.18 Å². The number of nitrogens with zero attached hydrogens (tertiary/aromatic N) is 1. The number of hydrogen-bond donors (Lipinski definition) is 1. The molecule has 1 aromatic rings. The first-order valence-electron chi connectivity index (χ1n) is 6.63. The topological polar surface area (TPSA) is 42.0 Å². The molecule has 18 heavy (non-hydrogen) atoms. The van der Waals surface area contributed by atoms with Crippen LogP contribution in [0.2, 0.25) is 0 Å². The van der Waals surface area contributed by atoms with Crippen molar-refractivity contribution in [2.24, 2.45) is 0 Å². The van der Waals surface area contributed by atoms with E-state index in [1.807, 2.05) is 0 Å². The Bertz CT molecular complexity index is 351. The number of unbranched alkanes of at least 4 members (excludes halogenated alkanes) is 5. The zero-order chi connectivity index (χ0) is 13.2. The molecule has 0 aliphatic rings. The third-order valence-corrected chi connectivity index (χ3v) is 2.77. The minimum absolute atomic E-state index is 0.0288. The van der Waals surface area contributed by atoms with Crippen LogP contribution in [0.25, 0.3) is 0 Å². The monoisotopic (exact) mass is 252 g/mol. The average Bonchev–Trinajstić information content (AvgIpc) is 2.36. The first kappa shape index (κ1) is 14.6. The molecule has 100 valence electrons. The predicted octanol–water partition coefficient (Wildman–Crippen LogP) is 3.91. The zero-order valence-corrected chi connectivity index (χ0v) is 10.9. The number of rotatable bonds is 8. The molecule has 1 N–H and O–H groups in total. The number of halogens is 1. The summed E-state index contributed by atoms with van der Waals surface area (Å²) in [5.74, 6) is -0.567. The van der Waals surface area contributed by atoms with E-state index >= 15 is 0 Å². The van der Waals surface area contributed by atoms with E-state index in [0.29, 0.717) is 12.1 Å². The van der Waals surface area contributed by atoms with E-state index in [1.54, 1.807) is 0 Å². The Labute approximate surface area is 108 Å². The molecule has 0 aromatic carbocycles. The number of amides is 1. The van der Waals surface area contributed by atoms with Gasteiger partial charge in [-0.15, -0.1) is 0 Å². The molecule has 0 aliphatic heterocycles. The molecule has 0 spiro atoms. The number of hydrogen-bond acceptors (Lipinski definition) is 2. The van der Waals surface area contributed by atoms with E-state index in [0.717, 1.165) is 12.8 Å². The molecule has 3 nitrogen and oxygen atoms in total. The second-order valence-electron chi connectivity index (χ2n) is 4.44. The Balaban J connectivity index is 2.12. The summed E-state index contributed by atoms with van der Waals surface area (Å²) in [6.45, 7) is 2.18. The van der Waals surface area contributed by atoms with Gasteiger partial charge in [0.25, 0.3) is 0 Å². The molecule has 0 unspecified atom stereocenters. The Hall–Kier alpha value is -1.45. The number of carbonyl (C=O) groups is 1. The first-order valence-corrected chi connectivity index (χ1v) is 6.63. The smallest absolute Gasteiger partial charge is 0.224 e. The van der Waals surface area contributed by atoms with Crippen LogP contribution >= 0.6 is 0 Å². The number of pyridine rings is 1. The molecule has 0 radical (unpaired) electrons. The van der Waals surface area contributed by atoms with Crippen molar-refractivity contribution in [3.8, 4) is 0 Å². The van der Waals surface area contributed by atoms with Crippen LogP contribution < -0.4 is 5.32 Å². The normalized spacial score (nSPS) is 10.3. The molecular formula is C14H21FN2O. The van der Waals surface area contributed by atoms with Crippen LogP contribution in [0.4, 0.5) is 10.1 Å². The van der Waals surface area contributed by atoms with E-state index in [2.05, 4.69) is 17.2 Å². The lowest BCUT2D eigenvalue weighted by molar-refractivity contribution is -0.116. The van der Waals surface area contributed by atoms with Crippen LogP contribution in [0.5, 0.6) is 0 Å². The Morgan fingerprint density at radius 1 is 1.22 bits per heavy atom. The summed E-state index contributed by atoms with van der Waals surface area (Å²) in [5.41, 5.74) is 0.549. The SMILES string of the molecule is CCCCCCCCC(=O)Nc1ccc(F)nc1. The molecular weight excluding hydrogens is 231 g/mol. The lowest BCUT2D eigenvalue weighted by Crippen LogP contribution is -2.11. The quantitative estimate of drug-likeness (QED) is 0.563. The largest absolute Gasteiger partial charge is 0.325 e. The van der Waals surface area contributed by atoms with Gasteiger partial charge >= 0.3 is 0 Å². The van der Waals surface area contributed by atoms with Crippen molar-refractivity contribution in [1.82, 2.24) is 4.98 Å². The summed E-state index contributed by atoms with van der Waals surface area (Å²) < 4.78 is 12.6. The summed E-state index contributed by atoms with van der Waals surface area (Å²) in [4.78, 5) is 15.0. The maximum absolute atomic E-state index is 12.6. The molecule has 1 aromatic heterocycles. The fourth-order valence-corrected chi connectivity index (χ4v) is 1.74. The lowest BCUT2D eigenvalue weighted by atomic mass is 10.1. The number of nitrogens with one attached hydrogen (secondary N) is 1. The molecule has 1 heterocycles. The molecule has 4 heteroatoms. The fourth-order valence-electron chi connectivity index (χ4n) is 1.74.